The van der Waals surface area contributed by atoms with Gasteiger partial charge in [-0.2, -0.15) is 0 Å². The van der Waals surface area contributed by atoms with Crippen molar-refractivity contribution >= 4 is 17.8 Å². The van der Waals surface area contributed by atoms with Crippen molar-refractivity contribution in [1.29, 1.82) is 0 Å². The first-order valence-electron chi connectivity index (χ1n) is 14.9. The Morgan fingerprint density at radius 2 is 1.98 bits per heavy atom. The molecule has 2 atom stereocenters. The van der Waals surface area contributed by atoms with Crippen LogP contribution in [0.25, 0.3) is 11.1 Å². The van der Waals surface area contributed by atoms with E-state index in [1.54, 1.807) is 11.6 Å². The number of hydrogen-bond acceptors (Lipinski definition) is 5. The van der Waals surface area contributed by atoms with Gasteiger partial charge in [0.25, 0.3) is 11.5 Å². The third kappa shape index (κ3) is 4.59. The van der Waals surface area contributed by atoms with E-state index in [2.05, 4.69) is 28.2 Å². The number of carbonyl (C=O) groups is 1. The predicted octanol–water partition coefficient (Wildman–Crippen LogP) is 3.62. The summed E-state index contributed by atoms with van der Waals surface area (Å²) in [5.74, 6) is 0.878. The first-order valence-corrected chi connectivity index (χ1v) is 14.9. The fraction of sp³-hybridized carbons (Fsp3) is 0.424. The summed E-state index contributed by atoms with van der Waals surface area (Å²) < 4.78 is 3.96. The van der Waals surface area contributed by atoms with Crippen molar-refractivity contribution in [2.24, 2.45) is 23.9 Å². The van der Waals surface area contributed by atoms with E-state index in [9.17, 15) is 14.7 Å². The molecule has 0 spiro atoms. The van der Waals surface area contributed by atoms with Crippen LogP contribution in [0.3, 0.4) is 0 Å². The molecule has 1 fully saturated rings. The number of fused-ring (bicyclic) bond motifs is 4. The first kappa shape index (κ1) is 26.2. The number of hydrogen-bond donors (Lipinski definition) is 2. The summed E-state index contributed by atoms with van der Waals surface area (Å²) in [6.45, 7) is 3.31. The number of aryl methyl sites for hydroxylation is 2. The van der Waals surface area contributed by atoms with Gasteiger partial charge in [0.2, 0.25) is 0 Å². The fourth-order valence-corrected chi connectivity index (χ4v) is 7.23. The van der Waals surface area contributed by atoms with Crippen molar-refractivity contribution in [3.63, 3.8) is 0 Å². The molecule has 6 heterocycles. The minimum absolute atomic E-state index is 0.00115. The van der Waals surface area contributed by atoms with Gasteiger partial charge in [-0.15, -0.1) is 0 Å². The quantitative estimate of drug-likeness (QED) is 0.507. The first-order chi connectivity index (χ1) is 20.0. The summed E-state index contributed by atoms with van der Waals surface area (Å²) in [6, 6.07) is 9.84. The zero-order valence-electron chi connectivity index (χ0n) is 23.6. The highest BCUT2D eigenvalue weighted by Crippen LogP contribution is 2.36. The van der Waals surface area contributed by atoms with E-state index < -0.39 is 0 Å². The van der Waals surface area contributed by atoms with Crippen molar-refractivity contribution in [3.05, 3.63) is 86.7 Å². The number of aliphatic imine (C=N–C) groups is 1. The highest BCUT2D eigenvalue weighted by molar-refractivity contribution is 6.09. The average molecular weight is 552 g/mol. The number of rotatable bonds is 5. The Hall–Kier alpha value is -3.75. The lowest BCUT2D eigenvalue weighted by Gasteiger charge is -2.31. The van der Waals surface area contributed by atoms with Crippen LogP contribution in [0.1, 0.15) is 52.1 Å². The Morgan fingerprint density at radius 3 is 2.85 bits per heavy atom. The molecule has 8 nitrogen and oxygen atoms in total. The van der Waals surface area contributed by atoms with Crippen molar-refractivity contribution < 1.29 is 9.90 Å². The number of aromatic nitrogens is 2. The average Bonchev–Trinajstić information content (AvgIpc) is 3.39. The Balaban J connectivity index is 1.22. The highest BCUT2D eigenvalue weighted by atomic mass is 16.3. The van der Waals surface area contributed by atoms with Crippen LogP contribution in [-0.2, 0) is 39.5 Å². The molecule has 2 aromatic heterocycles. The largest absolute Gasteiger partial charge is 0.392 e. The van der Waals surface area contributed by atoms with Crippen LogP contribution in [0.2, 0.25) is 0 Å². The summed E-state index contributed by atoms with van der Waals surface area (Å²) in [5, 5.41) is 14.1. The number of carbonyl (C=O) groups excluding carboxylic acids is 1. The molecule has 1 saturated heterocycles. The zero-order valence-corrected chi connectivity index (χ0v) is 23.6. The van der Waals surface area contributed by atoms with Gasteiger partial charge in [-0.1, -0.05) is 18.2 Å². The molecule has 0 bridgehead atoms. The highest BCUT2D eigenvalue weighted by Gasteiger charge is 2.32. The predicted molar refractivity (Wildman–Crippen MR) is 161 cm³/mol. The zero-order chi connectivity index (χ0) is 28.1. The van der Waals surface area contributed by atoms with E-state index in [1.807, 2.05) is 35.4 Å². The Labute approximate surface area is 240 Å². The molecule has 1 aromatic carbocycles. The molecule has 8 heteroatoms. The number of pyridine rings is 1. The topological polar surface area (TPSA) is 91.9 Å². The van der Waals surface area contributed by atoms with Gasteiger partial charge < -0.3 is 24.5 Å². The second-order valence-corrected chi connectivity index (χ2v) is 11.9. The molecule has 0 radical (unpaired) electrons. The lowest BCUT2D eigenvalue weighted by molar-refractivity contribution is 0.0979. The number of nitrogens with one attached hydrogen (secondary N) is 1. The fourth-order valence-electron chi connectivity index (χ4n) is 7.23. The van der Waals surface area contributed by atoms with Gasteiger partial charge in [0, 0.05) is 86.1 Å². The normalized spacial score (nSPS) is 21.8. The van der Waals surface area contributed by atoms with Gasteiger partial charge >= 0.3 is 0 Å². The molecule has 4 aliphatic heterocycles. The van der Waals surface area contributed by atoms with Crippen LogP contribution in [0.5, 0.6) is 0 Å². The van der Waals surface area contributed by atoms with Crippen LogP contribution in [0.15, 0.2) is 58.1 Å². The number of aliphatic hydroxyl groups is 1. The van der Waals surface area contributed by atoms with Gasteiger partial charge in [0.15, 0.2) is 0 Å². The number of amides is 1. The van der Waals surface area contributed by atoms with Gasteiger partial charge in [-0.05, 0) is 67.5 Å². The molecule has 4 aliphatic rings. The van der Waals surface area contributed by atoms with Gasteiger partial charge in [0.1, 0.15) is 0 Å². The maximum atomic E-state index is 13.8. The Kier molecular flexibility index (Phi) is 6.75. The van der Waals surface area contributed by atoms with E-state index in [4.69, 9.17) is 4.99 Å². The van der Waals surface area contributed by atoms with E-state index in [0.29, 0.717) is 35.9 Å². The number of piperidine rings is 1. The van der Waals surface area contributed by atoms with Crippen molar-refractivity contribution in [1.82, 2.24) is 14.5 Å². The summed E-state index contributed by atoms with van der Waals surface area (Å²) in [6.07, 6.45) is 11.8. The van der Waals surface area contributed by atoms with Crippen molar-refractivity contribution in [2.45, 2.75) is 51.7 Å². The molecule has 7 rings (SSSR count). The molecule has 2 N–H and O–H groups in total. The Morgan fingerprint density at radius 1 is 1.07 bits per heavy atom. The van der Waals surface area contributed by atoms with Crippen LogP contribution >= 0.6 is 0 Å². The second-order valence-electron chi connectivity index (χ2n) is 11.9. The standard InChI is InChI=1S/C33H37N5O3/c1-36-19-24(13-22(32(36)40)14-25-15-23-17-34-10-8-21(23)18-35-25)27-6-4-7-30(29(27)20-39)38-12-9-31-28(33(38)41)16-26-5-2-3-11-37(26)31/h4,6-7,13,15-16,18-19,21,23,34,39H,2-3,5,8-12,14,17,20H2,1H3. The minimum Gasteiger partial charge on any atom is -0.392 e. The third-order valence-electron chi connectivity index (χ3n) is 9.37. The molecular formula is C33H37N5O3. The van der Waals surface area contributed by atoms with Crippen LogP contribution in [-0.4, -0.2) is 46.0 Å². The Bertz CT molecular complexity index is 1640. The second kappa shape index (κ2) is 10.6. The molecule has 1 amide bonds. The maximum Gasteiger partial charge on any atom is 0.260 e. The summed E-state index contributed by atoms with van der Waals surface area (Å²) in [7, 11) is 1.77. The van der Waals surface area contributed by atoms with E-state index in [0.717, 1.165) is 79.1 Å². The molecule has 41 heavy (non-hydrogen) atoms. The van der Waals surface area contributed by atoms with Crippen molar-refractivity contribution in [3.8, 4) is 11.1 Å². The van der Waals surface area contributed by atoms with Gasteiger partial charge in [-0.3, -0.25) is 14.6 Å². The number of nitrogens with zero attached hydrogens (tertiary/aromatic N) is 4. The third-order valence-corrected chi connectivity index (χ3v) is 9.37. The SMILES string of the molecule is Cn1cc(-c2cccc(N3CCc4c(cc5n4CCCC5)C3=O)c2CO)cc(CC2=CC3CNCCC3C=N2)c1=O. The van der Waals surface area contributed by atoms with Gasteiger partial charge in [-0.25, -0.2) is 0 Å². The van der Waals surface area contributed by atoms with E-state index in [-0.39, 0.29) is 18.1 Å². The molecule has 3 aromatic rings. The number of anilines is 1. The van der Waals surface area contributed by atoms with Crippen molar-refractivity contribution in [2.75, 3.05) is 24.5 Å². The van der Waals surface area contributed by atoms with E-state index >= 15 is 0 Å². The summed E-state index contributed by atoms with van der Waals surface area (Å²) in [5.41, 5.74) is 7.85. The van der Waals surface area contributed by atoms with Crippen LogP contribution in [0.4, 0.5) is 5.69 Å². The van der Waals surface area contributed by atoms with Gasteiger partial charge in [0.05, 0.1) is 17.9 Å². The molecule has 212 valence electrons. The molecular weight excluding hydrogens is 514 g/mol. The number of benzene rings is 1. The smallest absolute Gasteiger partial charge is 0.260 e. The molecule has 0 aliphatic carbocycles. The van der Waals surface area contributed by atoms with Crippen LogP contribution in [0, 0.1) is 11.8 Å². The molecule has 2 unspecified atom stereocenters. The monoisotopic (exact) mass is 551 g/mol. The lowest BCUT2D eigenvalue weighted by atomic mass is 9.84. The number of aliphatic hydroxyl groups excluding tert-OH is 1. The minimum atomic E-state index is -0.210. The molecule has 0 saturated carbocycles. The number of allylic oxidation sites excluding steroid dienone is 1. The van der Waals surface area contributed by atoms with E-state index in [1.165, 1.54) is 12.1 Å². The summed E-state index contributed by atoms with van der Waals surface area (Å²) in [4.78, 5) is 33.5. The lowest BCUT2D eigenvalue weighted by Crippen LogP contribution is -2.38. The summed E-state index contributed by atoms with van der Waals surface area (Å²) >= 11 is 0. The maximum absolute atomic E-state index is 13.8. The van der Waals surface area contributed by atoms with Crippen LogP contribution < -0.4 is 15.8 Å².